The molecule has 2 aliphatic carbocycles. The van der Waals surface area contributed by atoms with Gasteiger partial charge in [-0.1, -0.05) is 40.0 Å². The molecule has 0 aromatic rings. The van der Waals surface area contributed by atoms with Crippen LogP contribution in [0.4, 0.5) is 0 Å². The highest BCUT2D eigenvalue weighted by Gasteiger charge is 2.33. The molecule has 0 saturated heterocycles. The van der Waals surface area contributed by atoms with Crippen molar-refractivity contribution in [2.75, 3.05) is 0 Å². The van der Waals surface area contributed by atoms with Crippen molar-refractivity contribution >= 4 is 0 Å². The van der Waals surface area contributed by atoms with Gasteiger partial charge >= 0.3 is 0 Å². The van der Waals surface area contributed by atoms with E-state index < -0.39 is 6.37 Å². The Hall–Kier alpha value is 0. The quantitative estimate of drug-likeness (QED) is 0.573. The Kier molecular flexibility index (Phi) is 2.26. The molecule has 0 heteroatoms. The molecule has 0 spiro atoms. The maximum absolute atomic E-state index is 8.42. The van der Waals surface area contributed by atoms with Crippen LogP contribution in [0.15, 0.2) is 0 Å². The molecule has 0 aliphatic heterocycles. The lowest BCUT2D eigenvalue weighted by Gasteiger charge is -2.41. The fraction of sp³-hybridized carbons (Fsp3) is 1.00. The van der Waals surface area contributed by atoms with E-state index in [0.29, 0.717) is 5.92 Å². The van der Waals surface area contributed by atoms with Crippen LogP contribution in [0.1, 0.15) is 68.4 Å². The van der Waals surface area contributed by atoms with Gasteiger partial charge in [-0.3, -0.25) is 0 Å². The fourth-order valence-electron chi connectivity index (χ4n) is 3.46. The van der Waals surface area contributed by atoms with Crippen molar-refractivity contribution in [2.45, 2.75) is 65.7 Å². The Morgan fingerprint density at radius 2 is 1.64 bits per heavy atom. The predicted octanol–water partition coefficient (Wildman–Crippen LogP) is 4.64. The van der Waals surface area contributed by atoms with Crippen molar-refractivity contribution in [2.24, 2.45) is 23.2 Å². The van der Waals surface area contributed by atoms with Crippen LogP contribution >= 0.6 is 0 Å². The Morgan fingerprint density at radius 3 is 2.14 bits per heavy atom. The molecule has 0 aromatic heterocycles. The second-order valence-electron chi connectivity index (χ2n) is 6.46. The first kappa shape index (κ1) is 8.19. The zero-order chi connectivity index (χ0) is 12.0. The molecular formula is C14H26. The van der Waals surface area contributed by atoms with Crippen molar-refractivity contribution in [1.82, 2.24) is 0 Å². The van der Waals surface area contributed by atoms with Gasteiger partial charge in [-0.05, 0) is 48.8 Å². The zero-order valence-electron chi connectivity index (χ0n) is 12.0. The lowest BCUT2D eigenvalue weighted by molar-refractivity contribution is 0.109. The Labute approximate surface area is 92.3 Å². The first-order valence-corrected chi connectivity index (χ1v) is 6.30. The maximum atomic E-state index is 8.42. The van der Waals surface area contributed by atoms with E-state index in [1.807, 2.05) is 0 Å². The summed E-state index contributed by atoms with van der Waals surface area (Å²) >= 11 is 0. The zero-order valence-corrected chi connectivity index (χ0v) is 9.97. The second kappa shape index (κ2) is 3.87. The highest BCUT2D eigenvalue weighted by Crippen LogP contribution is 2.45. The molecule has 0 aromatic carbocycles. The van der Waals surface area contributed by atoms with Crippen LogP contribution in [0.25, 0.3) is 0 Å². The minimum Gasteiger partial charge on any atom is -0.0602 e. The van der Waals surface area contributed by atoms with E-state index in [9.17, 15) is 0 Å². The summed E-state index contributed by atoms with van der Waals surface area (Å²) in [6.45, 7) is 6.16. The minimum absolute atomic E-state index is 0.219. The summed E-state index contributed by atoms with van der Waals surface area (Å²) in [5.74, 6) is 1.96. The van der Waals surface area contributed by atoms with Gasteiger partial charge in [0.05, 0.1) is 0 Å². The molecule has 2 fully saturated rings. The molecular weight excluding hydrogens is 168 g/mol. The van der Waals surface area contributed by atoms with Crippen LogP contribution in [0.2, 0.25) is 0 Å². The summed E-state index contributed by atoms with van der Waals surface area (Å²) in [5, 5.41) is 0. The summed E-state index contributed by atoms with van der Waals surface area (Å²) in [4.78, 5) is 0. The summed E-state index contributed by atoms with van der Waals surface area (Å²) in [7, 11) is 0. The van der Waals surface area contributed by atoms with E-state index in [0.717, 1.165) is 24.7 Å². The van der Waals surface area contributed by atoms with E-state index >= 15 is 0 Å². The molecule has 0 N–H and O–H groups in total. The summed E-state index contributed by atoms with van der Waals surface area (Å²) < 4.78 is 16.8. The highest BCUT2D eigenvalue weighted by atomic mass is 14.4. The van der Waals surface area contributed by atoms with E-state index in [2.05, 4.69) is 20.8 Å². The van der Waals surface area contributed by atoms with Gasteiger partial charge in [0.2, 0.25) is 0 Å². The van der Waals surface area contributed by atoms with Crippen molar-refractivity contribution < 1.29 is 2.74 Å². The first-order chi connectivity index (χ1) is 7.30. The van der Waals surface area contributed by atoms with Gasteiger partial charge in [-0.25, -0.2) is 0 Å². The maximum Gasteiger partial charge on any atom is 0.0275 e. The summed E-state index contributed by atoms with van der Waals surface area (Å²) in [5.41, 5.74) is -0.219. The molecule has 0 nitrogen and oxygen atoms in total. The number of hydrogen-bond acceptors (Lipinski definition) is 0. The normalized spacial score (nSPS) is 41.5. The van der Waals surface area contributed by atoms with E-state index in [1.54, 1.807) is 0 Å². The van der Waals surface area contributed by atoms with Crippen LogP contribution in [0.5, 0.6) is 0 Å². The van der Waals surface area contributed by atoms with Gasteiger partial charge in [0, 0.05) is 2.74 Å². The van der Waals surface area contributed by atoms with Crippen molar-refractivity contribution in [3.8, 4) is 0 Å². The fourth-order valence-corrected chi connectivity index (χ4v) is 3.46. The Bertz CT molecular complexity index is 240. The average Bonchev–Trinajstić information content (AvgIpc) is 2.15. The molecule has 2 rings (SSSR count). The van der Waals surface area contributed by atoms with Crippen molar-refractivity contribution in [3.63, 3.8) is 0 Å². The summed E-state index contributed by atoms with van der Waals surface area (Å²) in [6.07, 6.45) is 6.76. The SMILES string of the molecule is [2H]C([2H])(C1CC2CCCC(C2)C1)C(C)(C)C. The molecule has 0 amide bonds. The molecule has 0 radical (unpaired) electrons. The molecule has 0 heterocycles. The van der Waals surface area contributed by atoms with E-state index in [1.165, 1.54) is 25.7 Å². The minimum atomic E-state index is -0.999. The standard InChI is InChI=1S/C14H26/c1-14(2,3)10-13-8-11-5-4-6-12(7-11)9-13/h11-13H,4-10H2,1-3H3/i10D2. The number of fused-ring (bicyclic) bond motifs is 2. The van der Waals surface area contributed by atoms with Gasteiger partial charge < -0.3 is 0 Å². The molecule has 14 heavy (non-hydrogen) atoms. The van der Waals surface area contributed by atoms with Crippen molar-refractivity contribution in [1.29, 1.82) is 0 Å². The number of rotatable bonds is 1. The van der Waals surface area contributed by atoms with Crippen LogP contribution in [-0.4, -0.2) is 0 Å². The molecule has 2 bridgehead atoms. The average molecular weight is 196 g/mol. The topological polar surface area (TPSA) is 0 Å². The second-order valence-corrected chi connectivity index (χ2v) is 6.46. The van der Waals surface area contributed by atoms with Crippen LogP contribution in [0, 0.1) is 23.2 Å². The Morgan fingerprint density at radius 1 is 1.07 bits per heavy atom. The molecule has 82 valence electrons. The van der Waals surface area contributed by atoms with Gasteiger partial charge in [0.25, 0.3) is 0 Å². The number of hydrogen-bond donors (Lipinski definition) is 0. The third kappa shape index (κ3) is 2.74. The Balaban J connectivity index is 2.10. The van der Waals surface area contributed by atoms with Gasteiger partial charge in [-0.2, -0.15) is 0 Å². The largest absolute Gasteiger partial charge is 0.0602 e. The summed E-state index contributed by atoms with van der Waals surface area (Å²) in [6, 6.07) is 0. The third-order valence-electron chi connectivity index (χ3n) is 3.76. The van der Waals surface area contributed by atoms with E-state index in [-0.39, 0.29) is 5.41 Å². The highest BCUT2D eigenvalue weighted by molar-refractivity contribution is 4.84. The van der Waals surface area contributed by atoms with E-state index in [4.69, 9.17) is 2.74 Å². The van der Waals surface area contributed by atoms with Crippen LogP contribution in [-0.2, 0) is 0 Å². The molecule has 2 unspecified atom stereocenters. The lowest BCUT2D eigenvalue weighted by Crippen LogP contribution is -2.28. The van der Waals surface area contributed by atoms with Gasteiger partial charge in [-0.15, -0.1) is 0 Å². The molecule has 2 aliphatic rings. The predicted molar refractivity (Wildman–Crippen MR) is 62.2 cm³/mol. The lowest BCUT2D eigenvalue weighted by atomic mass is 9.65. The molecule has 2 atom stereocenters. The van der Waals surface area contributed by atoms with Gasteiger partial charge in [0.1, 0.15) is 0 Å². The molecule has 2 saturated carbocycles. The van der Waals surface area contributed by atoms with Crippen molar-refractivity contribution in [3.05, 3.63) is 0 Å². The van der Waals surface area contributed by atoms with Crippen LogP contribution in [0.3, 0.4) is 0 Å². The third-order valence-corrected chi connectivity index (χ3v) is 3.76. The smallest absolute Gasteiger partial charge is 0.0275 e. The van der Waals surface area contributed by atoms with Crippen LogP contribution < -0.4 is 0 Å². The monoisotopic (exact) mass is 196 g/mol. The van der Waals surface area contributed by atoms with Gasteiger partial charge in [0.15, 0.2) is 0 Å². The first-order valence-electron chi connectivity index (χ1n) is 7.30.